The highest BCUT2D eigenvalue weighted by Crippen LogP contribution is 2.30. The first-order chi connectivity index (χ1) is 14.8. The van der Waals surface area contributed by atoms with Crippen molar-refractivity contribution in [3.8, 4) is 5.75 Å². The van der Waals surface area contributed by atoms with Gasteiger partial charge in [0.1, 0.15) is 18.0 Å². The van der Waals surface area contributed by atoms with E-state index in [1.807, 2.05) is 51.1 Å². The lowest BCUT2D eigenvalue weighted by molar-refractivity contribution is 0.0509. The number of carbonyl (C=O) groups excluding carboxylic acids is 1. The van der Waals surface area contributed by atoms with Gasteiger partial charge in [0, 0.05) is 23.1 Å². The lowest BCUT2D eigenvalue weighted by Crippen LogP contribution is -2.40. The average molecular weight is 489 g/mol. The maximum Gasteiger partial charge on any atom is 0.407 e. The summed E-state index contributed by atoms with van der Waals surface area (Å²) in [6.45, 7) is 9.71. The van der Waals surface area contributed by atoms with E-state index in [2.05, 4.69) is 44.3 Å². The Kier molecular flexibility index (Phi) is 8.38. The maximum absolute atomic E-state index is 11.9. The van der Waals surface area contributed by atoms with Crippen molar-refractivity contribution in [1.82, 2.24) is 10.2 Å². The summed E-state index contributed by atoms with van der Waals surface area (Å²) in [6.07, 6.45) is 1.78. The number of amides is 1. The van der Waals surface area contributed by atoms with Crippen molar-refractivity contribution < 1.29 is 14.3 Å². The van der Waals surface area contributed by atoms with E-state index in [4.69, 9.17) is 9.47 Å². The zero-order valence-corrected chi connectivity index (χ0v) is 20.3. The Bertz CT molecular complexity index is 844. The molecule has 1 aliphatic heterocycles. The van der Waals surface area contributed by atoms with Crippen molar-refractivity contribution in [1.29, 1.82) is 0 Å². The summed E-state index contributed by atoms with van der Waals surface area (Å²) in [6, 6.07) is 16.4. The molecule has 1 saturated heterocycles. The maximum atomic E-state index is 11.9. The summed E-state index contributed by atoms with van der Waals surface area (Å²) >= 11 is 3.71. The van der Waals surface area contributed by atoms with Crippen molar-refractivity contribution in [3.05, 3.63) is 64.1 Å². The number of benzene rings is 2. The molecule has 6 heteroatoms. The topological polar surface area (TPSA) is 50.8 Å². The monoisotopic (exact) mass is 488 g/mol. The molecule has 1 heterocycles. The minimum atomic E-state index is -0.462. The van der Waals surface area contributed by atoms with Crippen LogP contribution in [0.2, 0.25) is 0 Å². The first kappa shape index (κ1) is 23.6. The van der Waals surface area contributed by atoms with Crippen LogP contribution in [-0.4, -0.2) is 36.2 Å². The smallest absolute Gasteiger partial charge is 0.407 e. The van der Waals surface area contributed by atoms with E-state index in [1.54, 1.807) is 0 Å². The SMILES string of the molecule is CC(C)(C)OC(=O)NCC1CCN(Cc2c(Br)cccc2OCc2ccccc2)CC1. The fraction of sp³-hybridized carbons (Fsp3) is 0.480. The predicted octanol–water partition coefficient (Wildman–Crippen LogP) is 5.76. The number of nitrogens with one attached hydrogen (secondary N) is 1. The molecule has 5 nitrogen and oxygen atoms in total. The summed E-state index contributed by atoms with van der Waals surface area (Å²) in [5.74, 6) is 1.41. The van der Waals surface area contributed by atoms with E-state index >= 15 is 0 Å². The molecular formula is C25H33BrN2O3. The molecule has 0 spiro atoms. The first-order valence-electron chi connectivity index (χ1n) is 10.9. The normalized spacial score (nSPS) is 15.5. The van der Waals surface area contributed by atoms with Crippen molar-refractivity contribution in [2.75, 3.05) is 19.6 Å². The van der Waals surface area contributed by atoms with Crippen LogP contribution >= 0.6 is 15.9 Å². The van der Waals surface area contributed by atoms with Gasteiger partial charge in [0.25, 0.3) is 0 Å². The van der Waals surface area contributed by atoms with Gasteiger partial charge in [-0.2, -0.15) is 0 Å². The number of likely N-dealkylation sites (tertiary alicyclic amines) is 1. The molecule has 0 aliphatic carbocycles. The summed E-state index contributed by atoms with van der Waals surface area (Å²) in [5, 5.41) is 2.92. The molecule has 0 saturated carbocycles. The number of piperidine rings is 1. The Morgan fingerprint density at radius 3 is 2.48 bits per heavy atom. The largest absolute Gasteiger partial charge is 0.489 e. The molecule has 0 aromatic heterocycles. The number of ether oxygens (including phenoxy) is 2. The highest BCUT2D eigenvalue weighted by molar-refractivity contribution is 9.10. The number of carbonyl (C=O) groups is 1. The van der Waals surface area contributed by atoms with Gasteiger partial charge >= 0.3 is 6.09 Å². The van der Waals surface area contributed by atoms with Gasteiger partial charge in [-0.25, -0.2) is 4.79 Å². The highest BCUT2D eigenvalue weighted by Gasteiger charge is 2.23. The molecule has 1 aliphatic rings. The molecule has 0 atom stereocenters. The zero-order chi connectivity index (χ0) is 22.3. The molecule has 0 unspecified atom stereocenters. The van der Waals surface area contributed by atoms with Crippen LogP contribution < -0.4 is 10.1 Å². The number of nitrogens with zero attached hydrogens (tertiary/aromatic N) is 1. The quantitative estimate of drug-likeness (QED) is 0.537. The second-order valence-corrected chi connectivity index (χ2v) is 9.95. The second kappa shape index (κ2) is 11.0. The van der Waals surface area contributed by atoms with Crippen LogP contribution in [-0.2, 0) is 17.9 Å². The van der Waals surface area contributed by atoms with Crippen LogP contribution in [0.25, 0.3) is 0 Å². The van der Waals surface area contributed by atoms with E-state index in [0.717, 1.165) is 48.3 Å². The minimum Gasteiger partial charge on any atom is -0.489 e. The summed E-state index contributed by atoms with van der Waals surface area (Å²) in [4.78, 5) is 14.3. The van der Waals surface area contributed by atoms with Gasteiger partial charge in [-0.1, -0.05) is 52.3 Å². The van der Waals surface area contributed by atoms with Crippen LogP contribution in [0.4, 0.5) is 4.79 Å². The van der Waals surface area contributed by atoms with Crippen molar-refractivity contribution >= 4 is 22.0 Å². The van der Waals surface area contributed by atoms with Crippen LogP contribution in [0.3, 0.4) is 0 Å². The van der Waals surface area contributed by atoms with Gasteiger partial charge in [-0.3, -0.25) is 4.90 Å². The molecule has 2 aromatic rings. The summed E-state index contributed by atoms with van der Waals surface area (Å²) in [5.41, 5.74) is 1.88. The van der Waals surface area contributed by atoms with E-state index in [9.17, 15) is 4.79 Å². The number of hydrogen-bond acceptors (Lipinski definition) is 4. The lowest BCUT2D eigenvalue weighted by atomic mass is 9.96. The van der Waals surface area contributed by atoms with E-state index < -0.39 is 5.60 Å². The van der Waals surface area contributed by atoms with Gasteiger partial charge in [0.2, 0.25) is 0 Å². The molecule has 168 valence electrons. The fourth-order valence-corrected chi connectivity index (χ4v) is 4.15. The second-order valence-electron chi connectivity index (χ2n) is 9.09. The Hall–Kier alpha value is -2.05. The van der Waals surface area contributed by atoms with E-state index in [0.29, 0.717) is 19.1 Å². The Morgan fingerprint density at radius 1 is 1.10 bits per heavy atom. The standard InChI is InChI=1S/C25H33BrN2O3/c1-25(2,3)31-24(29)27-16-19-12-14-28(15-13-19)17-21-22(26)10-7-11-23(21)30-18-20-8-5-4-6-9-20/h4-11,19H,12-18H2,1-3H3,(H,27,29). The number of hydrogen-bond donors (Lipinski definition) is 1. The molecule has 1 fully saturated rings. The molecule has 2 aromatic carbocycles. The molecule has 0 bridgehead atoms. The molecule has 1 N–H and O–H groups in total. The number of halogens is 1. The third-order valence-corrected chi connectivity index (χ3v) is 6.08. The third-order valence-electron chi connectivity index (χ3n) is 5.34. The fourth-order valence-electron chi connectivity index (χ4n) is 3.68. The Morgan fingerprint density at radius 2 is 1.81 bits per heavy atom. The van der Waals surface area contributed by atoms with Gasteiger partial charge in [0.05, 0.1) is 0 Å². The third kappa shape index (κ3) is 7.86. The number of rotatable bonds is 7. The Balaban J connectivity index is 1.49. The van der Waals surface area contributed by atoms with Crippen LogP contribution in [0, 0.1) is 5.92 Å². The molecule has 3 rings (SSSR count). The van der Waals surface area contributed by atoms with Gasteiger partial charge < -0.3 is 14.8 Å². The zero-order valence-electron chi connectivity index (χ0n) is 18.7. The van der Waals surface area contributed by atoms with E-state index in [1.165, 1.54) is 5.56 Å². The van der Waals surface area contributed by atoms with Crippen molar-refractivity contribution in [3.63, 3.8) is 0 Å². The van der Waals surface area contributed by atoms with Crippen molar-refractivity contribution in [2.45, 2.75) is 52.4 Å². The Labute approximate surface area is 194 Å². The van der Waals surface area contributed by atoms with Gasteiger partial charge in [0.15, 0.2) is 0 Å². The average Bonchev–Trinajstić information content (AvgIpc) is 2.73. The molecule has 31 heavy (non-hydrogen) atoms. The van der Waals surface area contributed by atoms with Gasteiger partial charge in [-0.05, 0) is 70.3 Å². The minimum absolute atomic E-state index is 0.330. The van der Waals surface area contributed by atoms with Crippen LogP contribution in [0.5, 0.6) is 5.75 Å². The molecule has 1 amide bonds. The van der Waals surface area contributed by atoms with E-state index in [-0.39, 0.29) is 6.09 Å². The molecule has 0 radical (unpaired) electrons. The molecular weight excluding hydrogens is 456 g/mol. The first-order valence-corrected chi connectivity index (χ1v) is 11.7. The van der Waals surface area contributed by atoms with Crippen LogP contribution in [0.15, 0.2) is 53.0 Å². The lowest BCUT2D eigenvalue weighted by Gasteiger charge is -2.32. The van der Waals surface area contributed by atoms with Crippen LogP contribution in [0.1, 0.15) is 44.7 Å². The summed E-state index contributed by atoms with van der Waals surface area (Å²) in [7, 11) is 0. The van der Waals surface area contributed by atoms with Crippen molar-refractivity contribution in [2.24, 2.45) is 5.92 Å². The highest BCUT2D eigenvalue weighted by atomic mass is 79.9. The number of alkyl carbamates (subject to hydrolysis) is 1. The predicted molar refractivity (Wildman–Crippen MR) is 127 cm³/mol. The van der Waals surface area contributed by atoms with Gasteiger partial charge in [-0.15, -0.1) is 0 Å². The summed E-state index contributed by atoms with van der Waals surface area (Å²) < 4.78 is 12.6.